The molecule has 0 unspecified atom stereocenters. The highest BCUT2D eigenvalue weighted by molar-refractivity contribution is 5.97. The molecule has 0 spiro atoms. The number of nitrogens with zero attached hydrogens (tertiary/aromatic N) is 4. The number of carbonyl (C=O) groups excluding carboxylic acids is 2. The molecule has 2 amide bonds. The van der Waals surface area contributed by atoms with Crippen molar-refractivity contribution >= 4 is 17.5 Å². The molecule has 1 saturated heterocycles. The molecular formula is C44H62N6O6. The summed E-state index contributed by atoms with van der Waals surface area (Å²) in [5, 5.41) is 29.6. The van der Waals surface area contributed by atoms with Crippen molar-refractivity contribution in [3.8, 4) is 16.9 Å². The molecule has 1 aromatic heterocycles. The van der Waals surface area contributed by atoms with Crippen molar-refractivity contribution in [3.63, 3.8) is 0 Å². The number of rotatable bonds is 15. The fourth-order valence-electron chi connectivity index (χ4n) is 9.63. The first kappa shape index (κ1) is 41.6. The Kier molecular flexibility index (Phi) is 12.8. The summed E-state index contributed by atoms with van der Waals surface area (Å²) in [4.78, 5) is 43.1. The first-order chi connectivity index (χ1) is 26.6. The molecule has 4 fully saturated rings. The Balaban J connectivity index is 1.28. The predicted molar refractivity (Wildman–Crippen MR) is 218 cm³/mol. The third kappa shape index (κ3) is 8.60. The van der Waals surface area contributed by atoms with Gasteiger partial charge in [0.15, 0.2) is 0 Å². The van der Waals surface area contributed by atoms with Crippen LogP contribution in [0.4, 0.5) is 5.69 Å². The molecule has 4 aliphatic rings. The van der Waals surface area contributed by atoms with Gasteiger partial charge in [-0.2, -0.15) is 5.06 Å². The van der Waals surface area contributed by atoms with Gasteiger partial charge in [0.2, 0.25) is 5.91 Å². The number of aromatic nitrogens is 1. The highest BCUT2D eigenvalue weighted by Crippen LogP contribution is 2.61. The fraction of sp³-hybridized carbons (Fsp3) is 0.568. The van der Waals surface area contributed by atoms with Crippen LogP contribution >= 0.6 is 0 Å². The van der Waals surface area contributed by atoms with Crippen molar-refractivity contribution in [2.45, 2.75) is 83.8 Å². The monoisotopic (exact) mass is 770 g/mol. The number of benzene rings is 2. The molecule has 2 bridgehead atoms. The Labute approximate surface area is 332 Å². The maximum atomic E-state index is 14.3. The number of amides is 2. The average Bonchev–Trinajstić information content (AvgIpc) is 3.53. The maximum absolute atomic E-state index is 14.3. The van der Waals surface area contributed by atoms with Crippen LogP contribution < -0.4 is 20.3 Å². The molecule has 1 aliphatic heterocycles. The van der Waals surface area contributed by atoms with Gasteiger partial charge in [-0.1, -0.05) is 45.0 Å². The number of aliphatic hydroxyl groups excluding tert-OH is 2. The smallest absolute Gasteiger partial charge is 0.251 e. The average molecular weight is 771 g/mol. The van der Waals surface area contributed by atoms with Crippen molar-refractivity contribution in [2.75, 3.05) is 53.4 Å². The summed E-state index contributed by atoms with van der Waals surface area (Å²) in [6, 6.07) is 16.4. The van der Waals surface area contributed by atoms with Gasteiger partial charge < -0.3 is 35.4 Å². The van der Waals surface area contributed by atoms with E-state index < -0.39 is 24.2 Å². The number of carbonyl (C=O) groups is 2. The number of nitrogens with one attached hydrogen (secondary N) is 2. The molecule has 0 radical (unpaired) electrons. The minimum absolute atomic E-state index is 0.0327. The molecule has 3 aliphatic carbocycles. The van der Waals surface area contributed by atoms with Gasteiger partial charge in [0.25, 0.3) is 5.91 Å². The zero-order valence-corrected chi connectivity index (χ0v) is 34.5. The van der Waals surface area contributed by atoms with Crippen LogP contribution in [-0.2, 0) is 22.6 Å². The second kappa shape index (κ2) is 17.2. The molecular weight excluding hydrogens is 709 g/mol. The van der Waals surface area contributed by atoms with E-state index >= 15 is 0 Å². The van der Waals surface area contributed by atoms with E-state index in [0.29, 0.717) is 42.0 Å². The van der Waals surface area contributed by atoms with E-state index in [-0.39, 0.29) is 42.5 Å². The molecule has 12 nitrogen and oxygen atoms in total. The van der Waals surface area contributed by atoms with Crippen LogP contribution in [0.3, 0.4) is 0 Å². The van der Waals surface area contributed by atoms with Crippen molar-refractivity contribution in [1.29, 1.82) is 0 Å². The molecule has 3 saturated carbocycles. The molecule has 4 N–H and O–H groups in total. The van der Waals surface area contributed by atoms with E-state index in [1.165, 1.54) is 6.42 Å². The summed E-state index contributed by atoms with van der Waals surface area (Å²) < 4.78 is 6.10. The lowest BCUT2D eigenvalue weighted by Crippen LogP contribution is -2.62. The van der Waals surface area contributed by atoms with E-state index in [0.717, 1.165) is 34.5 Å². The van der Waals surface area contributed by atoms with Crippen LogP contribution in [0, 0.1) is 29.1 Å². The van der Waals surface area contributed by atoms with E-state index in [1.807, 2.05) is 87.7 Å². The molecule has 9 atom stereocenters. The molecule has 56 heavy (non-hydrogen) atoms. The number of hydrogen-bond acceptors (Lipinski definition) is 10. The lowest BCUT2D eigenvalue weighted by Gasteiger charge is -2.62. The number of hydrogen-bond donors (Lipinski definition) is 4. The number of hydroxylamine groups is 2. The van der Waals surface area contributed by atoms with Crippen LogP contribution in [0.5, 0.6) is 5.75 Å². The van der Waals surface area contributed by atoms with Gasteiger partial charge in [-0.25, -0.2) is 0 Å². The Hall–Kier alpha value is -4.07. The summed E-state index contributed by atoms with van der Waals surface area (Å²) in [6.07, 6.45) is 2.81. The first-order valence-electron chi connectivity index (χ1n) is 20.0. The molecule has 2 aromatic carbocycles. The molecule has 3 aromatic rings. The highest BCUT2D eigenvalue weighted by atomic mass is 16.7. The number of para-hydroxylation sites is 1. The number of fused-ring (bicyclic) bond motifs is 2. The fourth-order valence-corrected chi connectivity index (χ4v) is 9.63. The summed E-state index contributed by atoms with van der Waals surface area (Å²) in [5.74, 6) is 0.972. The molecule has 12 heteroatoms. The van der Waals surface area contributed by atoms with E-state index in [2.05, 4.69) is 41.3 Å². The van der Waals surface area contributed by atoms with Crippen LogP contribution in [0.15, 0.2) is 60.8 Å². The van der Waals surface area contributed by atoms with Crippen LogP contribution in [0.1, 0.15) is 62.2 Å². The maximum Gasteiger partial charge on any atom is 0.251 e. The molecule has 2 heterocycles. The lowest BCUT2D eigenvalue weighted by molar-refractivity contribution is -0.183. The Morgan fingerprint density at radius 1 is 1.09 bits per heavy atom. The second-order valence-electron chi connectivity index (χ2n) is 17.4. The number of anilines is 1. The number of ether oxygens (including phenoxy) is 1. The Bertz CT molecular complexity index is 1840. The lowest BCUT2D eigenvalue weighted by atomic mass is 9.45. The molecule has 7 rings (SSSR count). The van der Waals surface area contributed by atoms with Gasteiger partial charge >= 0.3 is 0 Å². The summed E-state index contributed by atoms with van der Waals surface area (Å²) >= 11 is 0. The third-order valence-corrected chi connectivity index (χ3v) is 12.8. The number of likely N-dealkylation sites (N-methyl/N-ethyl adjacent to an activating group) is 1. The van der Waals surface area contributed by atoms with Gasteiger partial charge in [0.05, 0.1) is 26.4 Å². The van der Waals surface area contributed by atoms with E-state index in [1.54, 1.807) is 25.3 Å². The zero-order chi connectivity index (χ0) is 40.5. The normalized spacial score (nSPS) is 26.6. The number of methoxy groups -OCH3 is 1. The second-order valence-corrected chi connectivity index (χ2v) is 17.4. The van der Waals surface area contributed by atoms with Crippen molar-refractivity contribution in [3.05, 3.63) is 77.6 Å². The van der Waals surface area contributed by atoms with Crippen molar-refractivity contribution in [2.24, 2.45) is 29.1 Å². The SMILES string of the molecule is COc1c(CN2O[C@@H](CO)[C@@H]([C@H](C)O)[C@H]2C(=O)N[C@H]2C[C@@H]3C[C@H]([C@@H]2C)C3(C)C)cccc1-c1cc(C(=O)N[C@@H](Cc2ccccn2)CN(C)C)cc(N(C)C)c1. The number of pyridine rings is 1. The van der Waals surface area contributed by atoms with Gasteiger partial charge in [-0.15, -0.1) is 0 Å². The summed E-state index contributed by atoms with van der Waals surface area (Å²) in [5.41, 5.74) is 4.84. The molecule has 304 valence electrons. The zero-order valence-electron chi connectivity index (χ0n) is 34.5. The van der Waals surface area contributed by atoms with Crippen LogP contribution in [0.2, 0.25) is 0 Å². The van der Waals surface area contributed by atoms with Gasteiger partial charge in [-0.3, -0.25) is 19.4 Å². The van der Waals surface area contributed by atoms with Crippen molar-refractivity contribution in [1.82, 2.24) is 25.6 Å². The topological polar surface area (TPSA) is 140 Å². The first-order valence-corrected chi connectivity index (χ1v) is 20.0. The van der Waals surface area contributed by atoms with Crippen LogP contribution in [0.25, 0.3) is 11.1 Å². The standard InChI is InChI=1S/C44H62N6O6/c1-26-36-20-31(44(36,3)4)21-37(26)47-43(54)40-39(27(2)52)38(25-51)56-50(40)23-28-13-12-15-35(41(28)55-9)29-17-30(19-34(18-29)49(7)8)42(53)46-33(24-48(5)6)22-32-14-10-11-16-45-32/h10-19,26-27,31,33,36-40,51-52H,20-25H2,1-9H3,(H,46,53)(H,47,54)/t26-,27-,31-,33-,36+,37-,38-,39+,40-/m0/s1. The quantitative estimate of drug-likeness (QED) is 0.176. The van der Waals surface area contributed by atoms with Crippen LogP contribution in [-0.4, -0.2) is 116 Å². The van der Waals surface area contributed by atoms with Gasteiger partial charge in [-0.05, 0) is 92.9 Å². The largest absolute Gasteiger partial charge is 0.496 e. The Morgan fingerprint density at radius 3 is 2.46 bits per heavy atom. The van der Waals surface area contributed by atoms with E-state index in [9.17, 15) is 19.8 Å². The summed E-state index contributed by atoms with van der Waals surface area (Å²) in [6.45, 7) is 9.01. The predicted octanol–water partition coefficient (Wildman–Crippen LogP) is 4.39. The van der Waals surface area contributed by atoms with Crippen molar-refractivity contribution < 1.29 is 29.4 Å². The van der Waals surface area contributed by atoms with Gasteiger partial charge in [0.1, 0.15) is 17.9 Å². The minimum atomic E-state index is -0.906. The number of aliphatic hydroxyl groups is 2. The highest BCUT2D eigenvalue weighted by Gasteiger charge is 2.57. The third-order valence-electron chi connectivity index (χ3n) is 12.8. The summed E-state index contributed by atoms with van der Waals surface area (Å²) in [7, 11) is 9.45. The van der Waals surface area contributed by atoms with Gasteiger partial charge in [0, 0.05) is 79.3 Å². The van der Waals surface area contributed by atoms with E-state index in [4.69, 9.17) is 9.57 Å². The Morgan fingerprint density at radius 2 is 1.86 bits per heavy atom. The minimum Gasteiger partial charge on any atom is -0.496 e.